The van der Waals surface area contributed by atoms with E-state index in [9.17, 15) is 9.59 Å². The zero-order valence-corrected chi connectivity index (χ0v) is 17.3. The Morgan fingerprint density at radius 1 is 0.923 bits per heavy atom. The zero-order chi connectivity index (χ0) is 18.5. The first-order chi connectivity index (χ1) is 12.6. The predicted octanol–water partition coefficient (Wildman–Crippen LogP) is 2.31. The maximum Gasteiger partial charge on any atom is 0.240 e. The average molecular weight is 382 g/mol. The molecule has 1 saturated carbocycles. The van der Waals surface area contributed by atoms with Crippen LogP contribution in [0.4, 0.5) is 0 Å². The molecule has 1 aliphatic carbocycles. The van der Waals surface area contributed by atoms with Gasteiger partial charge in [-0.2, -0.15) is 11.8 Å². The van der Waals surface area contributed by atoms with Gasteiger partial charge in [0.15, 0.2) is 0 Å². The fraction of sp³-hybridized carbons (Fsp3) is 0.900. The van der Waals surface area contributed by atoms with Crippen LogP contribution in [0.5, 0.6) is 0 Å². The van der Waals surface area contributed by atoms with E-state index in [2.05, 4.69) is 16.7 Å². The molecular weight excluding hydrogens is 346 g/mol. The van der Waals surface area contributed by atoms with E-state index in [1.54, 1.807) is 0 Å². The van der Waals surface area contributed by atoms with Crippen LogP contribution >= 0.6 is 11.8 Å². The molecule has 2 atom stereocenters. The number of rotatable bonds is 5. The highest BCUT2D eigenvalue weighted by molar-refractivity contribution is 7.99. The van der Waals surface area contributed by atoms with Gasteiger partial charge in [-0.05, 0) is 25.2 Å². The molecule has 3 fully saturated rings. The van der Waals surface area contributed by atoms with Crippen LogP contribution in [0, 0.1) is 11.8 Å². The summed E-state index contributed by atoms with van der Waals surface area (Å²) >= 11 is 1.95. The van der Waals surface area contributed by atoms with Gasteiger partial charge in [0.25, 0.3) is 0 Å². The van der Waals surface area contributed by atoms with Crippen LogP contribution in [0.1, 0.15) is 46.0 Å². The molecule has 0 aromatic carbocycles. The second-order valence-corrected chi connectivity index (χ2v) is 9.32. The van der Waals surface area contributed by atoms with Gasteiger partial charge in [-0.1, -0.05) is 26.7 Å². The molecule has 3 aliphatic rings. The second-order valence-electron chi connectivity index (χ2n) is 8.10. The van der Waals surface area contributed by atoms with Crippen molar-refractivity contribution in [3.63, 3.8) is 0 Å². The Balaban J connectivity index is 1.64. The highest BCUT2D eigenvalue weighted by Crippen LogP contribution is 2.32. The number of hydrogen-bond acceptors (Lipinski definition) is 4. The standard InChI is InChI=1S/C20H35N3O2S/c1-3-16(2)19(24)22-10-8-21(9-11-22)18(17-6-4-5-7-17)20(25)23-12-14-26-15-13-23/h16-18H,3-15H2,1-2H3/t16-,18-/m1/s1. The molecule has 2 heterocycles. The van der Waals surface area contributed by atoms with E-state index in [1.165, 1.54) is 25.7 Å². The third kappa shape index (κ3) is 4.56. The minimum absolute atomic E-state index is 0.0430. The van der Waals surface area contributed by atoms with E-state index in [1.807, 2.05) is 23.6 Å². The molecule has 3 rings (SSSR count). The van der Waals surface area contributed by atoms with Gasteiger partial charge in [-0.15, -0.1) is 0 Å². The lowest BCUT2D eigenvalue weighted by molar-refractivity contribution is -0.142. The monoisotopic (exact) mass is 381 g/mol. The highest BCUT2D eigenvalue weighted by Gasteiger charge is 2.39. The Kier molecular flexibility index (Phi) is 7.27. The van der Waals surface area contributed by atoms with Crippen molar-refractivity contribution in [3.8, 4) is 0 Å². The molecule has 6 heteroatoms. The molecule has 26 heavy (non-hydrogen) atoms. The molecule has 0 radical (unpaired) electrons. The Morgan fingerprint density at radius 2 is 1.50 bits per heavy atom. The first-order valence-electron chi connectivity index (χ1n) is 10.5. The van der Waals surface area contributed by atoms with Gasteiger partial charge in [0.1, 0.15) is 0 Å². The first-order valence-corrected chi connectivity index (χ1v) is 11.7. The van der Waals surface area contributed by atoms with Crippen LogP contribution in [-0.2, 0) is 9.59 Å². The lowest BCUT2D eigenvalue weighted by Crippen LogP contribution is -2.59. The van der Waals surface area contributed by atoms with Gasteiger partial charge < -0.3 is 9.80 Å². The Morgan fingerprint density at radius 3 is 2.08 bits per heavy atom. The number of hydrogen-bond donors (Lipinski definition) is 0. The fourth-order valence-electron chi connectivity index (χ4n) is 4.61. The van der Waals surface area contributed by atoms with Crippen LogP contribution in [0.2, 0.25) is 0 Å². The smallest absolute Gasteiger partial charge is 0.240 e. The van der Waals surface area contributed by atoms with Crippen molar-refractivity contribution in [2.24, 2.45) is 11.8 Å². The number of carbonyl (C=O) groups is 2. The van der Waals surface area contributed by atoms with Crippen molar-refractivity contribution in [2.45, 2.75) is 52.0 Å². The Labute approximate surface area is 162 Å². The van der Waals surface area contributed by atoms with Crippen molar-refractivity contribution in [1.82, 2.24) is 14.7 Å². The van der Waals surface area contributed by atoms with Gasteiger partial charge in [0.2, 0.25) is 11.8 Å². The minimum atomic E-state index is 0.0430. The topological polar surface area (TPSA) is 43.9 Å². The van der Waals surface area contributed by atoms with Crippen molar-refractivity contribution in [2.75, 3.05) is 50.8 Å². The lowest BCUT2D eigenvalue weighted by atomic mass is 9.94. The quantitative estimate of drug-likeness (QED) is 0.733. The lowest BCUT2D eigenvalue weighted by Gasteiger charge is -2.43. The van der Waals surface area contributed by atoms with Gasteiger partial charge in [-0.25, -0.2) is 0 Å². The highest BCUT2D eigenvalue weighted by atomic mass is 32.2. The molecule has 0 bridgehead atoms. The normalized spacial score (nSPS) is 25.3. The zero-order valence-electron chi connectivity index (χ0n) is 16.5. The molecule has 0 N–H and O–H groups in total. The van der Waals surface area contributed by atoms with Gasteiger partial charge in [0, 0.05) is 56.7 Å². The van der Waals surface area contributed by atoms with E-state index in [-0.39, 0.29) is 17.9 Å². The van der Waals surface area contributed by atoms with E-state index in [0.717, 1.165) is 57.2 Å². The van der Waals surface area contributed by atoms with Gasteiger partial charge >= 0.3 is 0 Å². The number of piperazine rings is 1. The third-order valence-electron chi connectivity index (χ3n) is 6.48. The van der Waals surface area contributed by atoms with Crippen LogP contribution in [-0.4, -0.2) is 83.3 Å². The molecule has 0 aromatic rings. The van der Waals surface area contributed by atoms with Crippen molar-refractivity contribution in [3.05, 3.63) is 0 Å². The minimum Gasteiger partial charge on any atom is -0.340 e. The fourth-order valence-corrected chi connectivity index (χ4v) is 5.51. The van der Waals surface area contributed by atoms with E-state index < -0.39 is 0 Å². The average Bonchev–Trinajstić information content (AvgIpc) is 3.22. The summed E-state index contributed by atoms with van der Waals surface area (Å²) in [5, 5.41) is 0. The molecule has 0 spiro atoms. The molecule has 0 unspecified atom stereocenters. The summed E-state index contributed by atoms with van der Waals surface area (Å²) in [7, 11) is 0. The number of carbonyl (C=O) groups excluding carboxylic acids is 2. The third-order valence-corrected chi connectivity index (χ3v) is 7.42. The molecule has 2 saturated heterocycles. The summed E-state index contributed by atoms with van der Waals surface area (Å²) in [6.45, 7) is 9.14. The summed E-state index contributed by atoms with van der Waals surface area (Å²) in [5.74, 6) is 3.40. The Hall–Kier alpha value is -0.750. The van der Waals surface area contributed by atoms with Crippen molar-refractivity contribution >= 4 is 23.6 Å². The summed E-state index contributed by atoms with van der Waals surface area (Å²) < 4.78 is 0. The molecule has 0 aromatic heterocycles. The summed E-state index contributed by atoms with van der Waals surface area (Å²) in [5.41, 5.74) is 0. The summed E-state index contributed by atoms with van der Waals surface area (Å²) in [4.78, 5) is 32.3. The Bertz CT molecular complexity index is 481. The van der Waals surface area contributed by atoms with E-state index >= 15 is 0 Å². The van der Waals surface area contributed by atoms with E-state index in [0.29, 0.717) is 11.8 Å². The van der Waals surface area contributed by atoms with Gasteiger partial charge in [-0.3, -0.25) is 14.5 Å². The predicted molar refractivity (Wildman–Crippen MR) is 107 cm³/mol. The van der Waals surface area contributed by atoms with Crippen LogP contribution < -0.4 is 0 Å². The van der Waals surface area contributed by atoms with Gasteiger partial charge in [0.05, 0.1) is 6.04 Å². The largest absolute Gasteiger partial charge is 0.340 e. The van der Waals surface area contributed by atoms with Crippen molar-refractivity contribution < 1.29 is 9.59 Å². The molecule has 2 amide bonds. The number of nitrogens with zero attached hydrogens (tertiary/aromatic N) is 3. The SMILES string of the molecule is CC[C@@H](C)C(=O)N1CCN([C@@H](C(=O)N2CCSCC2)C2CCCC2)CC1. The second kappa shape index (κ2) is 9.45. The van der Waals surface area contributed by atoms with Crippen molar-refractivity contribution in [1.29, 1.82) is 0 Å². The maximum atomic E-state index is 13.3. The number of amides is 2. The summed E-state index contributed by atoms with van der Waals surface area (Å²) in [6, 6.07) is 0.0430. The van der Waals surface area contributed by atoms with E-state index in [4.69, 9.17) is 0 Å². The molecule has 5 nitrogen and oxygen atoms in total. The van der Waals surface area contributed by atoms with Crippen LogP contribution in [0.25, 0.3) is 0 Å². The number of thioether (sulfide) groups is 1. The molecule has 2 aliphatic heterocycles. The first kappa shape index (κ1) is 20.0. The maximum absolute atomic E-state index is 13.3. The summed E-state index contributed by atoms with van der Waals surface area (Å²) in [6.07, 6.45) is 5.79. The molecule has 148 valence electrons. The van der Waals surface area contributed by atoms with Crippen LogP contribution in [0.15, 0.2) is 0 Å². The van der Waals surface area contributed by atoms with Crippen LogP contribution in [0.3, 0.4) is 0 Å². The molecular formula is C20H35N3O2S.